The van der Waals surface area contributed by atoms with Crippen molar-refractivity contribution in [2.45, 2.75) is 6.61 Å². The van der Waals surface area contributed by atoms with Gasteiger partial charge in [-0.25, -0.2) is 4.79 Å². The van der Waals surface area contributed by atoms with Gasteiger partial charge in [-0.1, -0.05) is 47.5 Å². The number of carbonyl (C=O) groups excluding carboxylic acids is 4. The number of nitrogens with zero attached hydrogens (tertiary/aromatic N) is 1. The topological polar surface area (TPSA) is 111 Å². The van der Waals surface area contributed by atoms with Gasteiger partial charge in [0.2, 0.25) is 5.91 Å². The Kier molecular flexibility index (Phi) is 9.36. The number of esters is 1. The molecule has 0 unspecified atom stereocenters. The Balaban J connectivity index is 1.43. The van der Waals surface area contributed by atoms with Crippen LogP contribution in [0.4, 0.5) is 10.5 Å². The molecule has 0 aromatic heterocycles. The van der Waals surface area contributed by atoms with Crippen molar-refractivity contribution in [2.24, 2.45) is 0 Å². The van der Waals surface area contributed by atoms with E-state index >= 15 is 0 Å². The Labute approximate surface area is 244 Å². The second-order valence-electron chi connectivity index (χ2n) is 8.29. The second kappa shape index (κ2) is 12.9. The standard InChI is InChI=1S/C28H22Cl2N2O7S/c1-37-23-11-16(7-10-22(23)39-15-17-5-3-4-6-20(17)29)12-24-26(34)32(28(36)40-24)14-25(33)31-18-8-9-21(30)19(13-18)27(35)38-2/h3-13H,14-15H2,1-2H3,(H,31,33)/b24-12+. The van der Waals surface area contributed by atoms with E-state index in [1.807, 2.05) is 18.2 Å². The fraction of sp³-hybridized carbons (Fsp3) is 0.143. The third-order valence-corrected chi connectivity index (χ3v) is 7.26. The lowest BCUT2D eigenvalue weighted by Gasteiger charge is -2.13. The van der Waals surface area contributed by atoms with Crippen LogP contribution in [0.2, 0.25) is 10.0 Å². The maximum Gasteiger partial charge on any atom is 0.339 e. The van der Waals surface area contributed by atoms with E-state index in [0.717, 1.165) is 10.5 Å². The maximum atomic E-state index is 12.9. The molecule has 0 bridgehead atoms. The molecule has 1 N–H and O–H groups in total. The Morgan fingerprint density at radius 3 is 2.48 bits per heavy atom. The third-order valence-electron chi connectivity index (χ3n) is 5.66. The molecule has 0 atom stereocenters. The number of methoxy groups -OCH3 is 2. The lowest BCUT2D eigenvalue weighted by Crippen LogP contribution is -2.36. The summed E-state index contributed by atoms with van der Waals surface area (Å²) in [5.74, 6) is -1.03. The van der Waals surface area contributed by atoms with Gasteiger partial charge >= 0.3 is 5.97 Å². The largest absolute Gasteiger partial charge is 0.493 e. The molecular weight excluding hydrogens is 579 g/mol. The van der Waals surface area contributed by atoms with Crippen LogP contribution in [0.3, 0.4) is 0 Å². The van der Waals surface area contributed by atoms with Crippen LogP contribution < -0.4 is 14.8 Å². The summed E-state index contributed by atoms with van der Waals surface area (Å²) in [5.41, 5.74) is 1.72. The molecule has 3 amide bonds. The highest BCUT2D eigenvalue weighted by molar-refractivity contribution is 8.18. The zero-order valence-corrected chi connectivity index (χ0v) is 23.6. The number of carbonyl (C=O) groups is 4. The highest BCUT2D eigenvalue weighted by atomic mass is 35.5. The highest BCUT2D eigenvalue weighted by Gasteiger charge is 2.36. The average molecular weight is 601 g/mol. The predicted molar refractivity (Wildman–Crippen MR) is 153 cm³/mol. The maximum absolute atomic E-state index is 12.9. The number of anilines is 1. The molecule has 40 heavy (non-hydrogen) atoms. The SMILES string of the molecule is COC(=O)c1cc(NC(=O)CN2C(=O)S/C(=C/c3ccc(OCc4ccccc4Cl)c(OC)c3)C2=O)ccc1Cl. The van der Waals surface area contributed by atoms with E-state index in [1.54, 1.807) is 24.3 Å². The smallest absolute Gasteiger partial charge is 0.339 e. The Bertz CT molecular complexity index is 1530. The Morgan fingerprint density at radius 2 is 1.75 bits per heavy atom. The normalized spacial score (nSPS) is 13.9. The molecule has 9 nitrogen and oxygen atoms in total. The molecule has 1 aliphatic heterocycles. The Hall–Kier alpha value is -3.99. The van der Waals surface area contributed by atoms with Gasteiger partial charge < -0.3 is 19.5 Å². The van der Waals surface area contributed by atoms with Gasteiger partial charge in [0.15, 0.2) is 11.5 Å². The van der Waals surface area contributed by atoms with Crippen molar-refractivity contribution in [3.8, 4) is 11.5 Å². The first-order chi connectivity index (χ1) is 19.2. The number of thioether (sulfide) groups is 1. The second-order valence-corrected chi connectivity index (χ2v) is 10.1. The van der Waals surface area contributed by atoms with Gasteiger partial charge in [0, 0.05) is 16.3 Å². The fourth-order valence-electron chi connectivity index (χ4n) is 3.67. The van der Waals surface area contributed by atoms with Gasteiger partial charge in [-0.05, 0) is 59.8 Å². The van der Waals surface area contributed by atoms with E-state index in [-0.39, 0.29) is 27.8 Å². The summed E-state index contributed by atoms with van der Waals surface area (Å²) < 4.78 is 16.0. The zero-order chi connectivity index (χ0) is 28.8. The third kappa shape index (κ3) is 6.77. The summed E-state index contributed by atoms with van der Waals surface area (Å²) in [4.78, 5) is 50.9. The first kappa shape index (κ1) is 29.0. The monoisotopic (exact) mass is 600 g/mol. The number of amides is 3. The fourth-order valence-corrected chi connectivity index (χ4v) is 4.89. The molecule has 0 radical (unpaired) electrons. The summed E-state index contributed by atoms with van der Waals surface area (Å²) in [6.07, 6.45) is 1.53. The quantitative estimate of drug-likeness (QED) is 0.233. The van der Waals surface area contributed by atoms with Crippen LogP contribution in [-0.4, -0.2) is 48.7 Å². The van der Waals surface area contributed by atoms with Crippen molar-refractivity contribution in [3.05, 3.63) is 92.3 Å². The van der Waals surface area contributed by atoms with Crippen molar-refractivity contribution < 1.29 is 33.4 Å². The van der Waals surface area contributed by atoms with Crippen LogP contribution >= 0.6 is 35.0 Å². The molecule has 1 heterocycles. The van der Waals surface area contributed by atoms with Crippen LogP contribution in [0, 0.1) is 0 Å². The van der Waals surface area contributed by atoms with Gasteiger partial charge in [-0.15, -0.1) is 0 Å². The van der Waals surface area contributed by atoms with Crippen molar-refractivity contribution in [1.29, 1.82) is 0 Å². The number of benzene rings is 3. The minimum Gasteiger partial charge on any atom is -0.493 e. The molecule has 12 heteroatoms. The van der Waals surface area contributed by atoms with Crippen LogP contribution in [0.15, 0.2) is 65.6 Å². The van der Waals surface area contributed by atoms with Crippen LogP contribution in [0.1, 0.15) is 21.5 Å². The van der Waals surface area contributed by atoms with Crippen LogP contribution in [0.5, 0.6) is 11.5 Å². The number of rotatable bonds is 9. The molecule has 0 saturated carbocycles. The molecule has 3 aromatic carbocycles. The number of hydrogen-bond donors (Lipinski definition) is 1. The molecule has 1 aliphatic rings. The first-order valence-corrected chi connectivity index (χ1v) is 13.2. The lowest BCUT2D eigenvalue weighted by molar-refractivity contribution is -0.127. The van der Waals surface area contributed by atoms with E-state index < -0.39 is 29.6 Å². The number of halogens is 2. The summed E-state index contributed by atoms with van der Waals surface area (Å²) in [6.45, 7) is -0.285. The predicted octanol–water partition coefficient (Wildman–Crippen LogP) is 6.04. The molecule has 0 aliphatic carbocycles. The summed E-state index contributed by atoms with van der Waals surface area (Å²) >= 11 is 12.9. The van der Waals surface area contributed by atoms with Gasteiger partial charge in [-0.2, -0.15) is 0 Å². The van der Waals surface area contributed by atoms with E-state index in [0.29, 0.717) is 33.8 Å². The van der Waals surface area contributed by atoms with E-state index in [4.69, 9.17) is 32.7 Å². The summed E-state index contributed by atoms with van der Waals surface area (Å²) in [5, 5.41) is 2.69. The van der Waals surface area contributed by atoms with E-state index in [1.165, 1.54) is 38.5 Å². The zero-order valence-electron chi connectivity index (χ0n) is 21.2. The average Bonchev–Trinajstić information content (AvgIpc) is 3.20. The van der Waals surface area contributed by atoms with Gasteiger partial charge in [-0.3, -0.25) is 19.3 Å². The van der Waals surface area contributed by atoms with Crippen molar-refractivity contribution in [2.75, 3.05) is 26.1 Å². The van der Waals surface area contributed by atoms with Crippen LogP contribution in [-0.2, 0) is 20.9 Å². The van der Waals surface area contributed by atoms with Crippen molar-refractivity contribution in [3.63, 3.8) is 0 Å². The number of imide groups is 1. The van der Waals surface area contributed by atoms with E-state index in [9.17, 15) is 19.2 Å². The Morgan fingerprint density at radius 1 is 0.975 bits per heavy atom. The molecular formula is C28H22Cl2N2O7S. The summed E-state index contributed by atoms with van der Waals surface area (Å²) in [7, 11) is 2.70. The molecule has 206 valence electrons. The van der Waals surface area contributed by atoms with Crippen LogP contribution in [0.25, 0.3) is 6.08 Å². The minimum absolute atomic E-state index is 0.0618. The van der Waals surface area contributed by atoms with Gasteiger partial charge in [0.1, 0.15) is 13.2 Å². The summed E-state index contributed by atoms with van der Waals surface area (Å²) in [6, 6.07) is 16.6. The molecule has 0 spiro atoms. The minimum atomic E-state index is -0.672. The van der Waals surface area contributed by atoms with Crippen molar-refractivity contribution >= 4 is 69.8 Å². The number of nitrogens with one attached hydrogen (secondary N) is 1. The van der Waals surface area contributed by atoms with Gasteiger partial charge in [0.25, 0.3) is 11.1 Å². The molecule has 3 aromatic rings. The molecule has 1 fully saturated rings. The number of ether oxygens (including phenoxy) is 3. The van der Waals surface area contributed by atoms with E-state index in [2.05, 4.69) is 10.1 Å². The molecule has 4 rings (SSSR count). The first-order valence-electron chi connectivity index (χ1n) is 11.7. The van der Waals surface area contributed by atoms with Crippen molar-refractivity contribution in [1.82, 2.24) is 4.90 Å². The lowest BCUT2D eigenvalue weighted by atomic mass is 10.1. The molecule has 1 saturated heterocycles. The van der Waals surface area contributed by atoms with Gasteiger partial charge in [0.05, 0.1) is 29.7 Å². The number of hydrogen-bond acceptors (Lipinski definition) is 8. The highest BCUT2D eigenvalue weighted by Crippen LogP contribution is 2.35.